The normalized spacial score (nSPS) is 14.4. The minimum Gasteiger partial charge on any atom is -0.378 e. The summed E-state index contributed by atoms with van der Waals surface area (Å²) < 4.78 is 5.30. The summed E-state index contributed by atoms with van der Waals surface area (Å²) in [6, 6.07) is 3.94. The Kier molecular flexibility index (Phi) is 5.78. The van der Waals surface area contributed by atoms with E-state index in [0.29, 0.717) is 31.7 Å². The van der Waals surface area contributed by atoms with Crippen LogP contribution in [0.3, 0.4) is 0 Å². The Bertz CT molecular complexity index is 681. The number of thiophene rings is 1. The van der Waals surface area contributed by atoms with Gasteiger partial charge in [-0.1, -0.05) is 6.07 Å². The van der Waals surface area contributed by atoms with Crippen molar-refractivity contribution in [2.75, 3.05) is 31.2 Å². The fraction of sp³-hybridized carbons (Fsp3) is 0.400. The van der Waals surface area contributed by atoms with Crippen molar-refractivity contribution in [1.82, 2.24) is 15.8 Å². The van der Waals surface area contributed by atoms with E-state index in [0.717, 1.165) is 23.1 Å². The van der Waals surface area contributed by atoms with E-state index in [9.17, 15) is 9.59 Å². The maximum atomic E-state index is 12.1. The molecule has 1 saturated heterocycles. The molecular formula is C15H18N4O3S2. The molecule has 0 radical (unpaired) electrons. The Morgan fingerprint density at radius 1 is 1.25 bits per heavy atom. The first kappa shape index (κ1) is 16.9. The van der Waals surface area contributed by atoms with E-state index in [2.05, 4.69) is 20.7 Å². The van der Waals surface area contributed by atoms with Crippen molar-refractivity contribution in [2.24, 2.45) is 0 Å². The summed E-state index contributed by atoms with van der Waals surface area (Å²) in [5.74, 6) is -0.629. The molecule has 3 rings (SSSR count). The molecule has 0 bridgehead atoms. The minimum atomic E-state index is -0.407. The number of rotatable bonds is 5. The van der Waals surface area contributed by atoms with E-state index >= 15 is 0 Å². The van der Waals surface area contributed by atoms with Crippen molar-refractivity contribution < 1.29 is 14.3 Å². The summed E-state index contributed by atoms with van der Waals surface area (Å²) in [6.45, 7) is 2.88. The van der Waals surface area contributed by atoms with Crippen LogP contribution in [0.1, 0.15) is 21.8 Å². The highest BCUT2D eigenvalue weighted by molar-refractivity contribution is 7.14. The van der Waals surface area contributed by atoms with E-state index in [-0.39, 0.29) is 5.91 Å². The van der Waals surface area contributed by atoms with Gasteiger partial charge in [-0.2, -0.15) is 0 Å². The maximum Gasteiger partial charge on any atom is 0.289 e. The van der Waals surface area contributed by atoms with Crippen molar-refractivity contribution in [1.29, 1.82) is 0 Å². The van der Waals surface area contributed by atoms with E-state index in [4.69, 9.17) is 4.74 Å². The number of nitrogens with zero attached hydrogens (tertiary/aromatic N) is 2. The molecule has 0 aromatic carbocycles. The number of aryl methyl sites for hydroxylation is 1. The van der Waals surface area contributed by atoms with Crippen LogP contribution >= 0.6 is 22.7 Å². The molecule has 0 spiro atoms. The number of hydrazine groups is 1. The van der Waals surface area contributed by atoms with Gasteiger partial charge < -0.3 is 9.64 Å². The molecule has 24 heavy (non-hydrogen) atoms. The van der Waals surface area contributed by atoms with Gasteiger partial charge in [-0.15, -0.1) is 22.7 Å². The second-order valence-corrected chi connectivity index (χ2v) is 7.07. The van der Waals surface area contributed by atoms with Crippen molar-refractivity contribution in [3.8, 4) is 0 Å². The number of amides is 2. The zero-order valence-corrected chi connectivity index (χ0v) is 14.6. The lowest BCUT2D eigenvalue weighted by atomic mass is 10.2. The molecule has 2 aromatic heterocycles. The first-order valence-electron chi connectivity index (χ1n) is 7.62. The number of carbonyl (C=O) groups excluding carboxylic acids is 2. The van der Waals surface area contributed by atoms with Crippen LogP contribution in [0.2, 0.25) is 0 Å². The van der Waals surface area contributed by atoms with Gasteiger partial charge in [0, 0.05) is 29.8 Å². The molecule has 0 atom stereocenters. The van der Waals surface area contributed by atoms with Crippen LogP contribution < -0.4 is 15.8 Å². The summed E-state index contributed by atoms with van der Waals surface area (Å²) in [4.78, 5) is 31.4. The predicted octanol–water partition coefficient (Wildman–Crippen LogP) is 1.44. The van der Waals surface area contributed by atoms with E-state index < -0.39 is 5.91 Å². The van der Waals surface area contributed by atoms with E-state index in [1.165, 1.54) is 11.3 Å². The van der Waals surface area contributed by atoms with Gasteiger partial charge in [0.25, 0.3) is 5.91 Å². The average molecular weight is 366 g/mol. The van der Waals surface area contributed by atoms with Crippen LogP contribution in [0, 0.1) is 0 Å². The Morgan fingerprint density at radius 2 is 2.08 bits per heavy atom. The average Bonchev–Trinajstić information content (AvgIpc) is 3.30. The van der Waals surface area contributed by atoms with Crippen LogP contribution in [0.25, 0.3) is 0 Å². The molecule has 2 N–H and O–H groups in total. The molecule has 1 aliphatic heterocycles. The van der Waals surface area contributed by atoms with Gasteiger partial charge in [0.2, 0.25) is 5.91 Å². The highest BCUT2D eigenvalue weighted by Crippen LogP contribution is 2.21. The van der Waals surface area contributed by atoms with Gasteiger partial charge in [-0.05, 0) is 17.9 Å². The predicted molar refractivity (Wildman–Crippen MR) is 93.4 cm³/mol. The monoisotopic (exact) mass is 366 g/mol. The van der Waals surface area contributed by atoms with Gasteiger partial charge in [0.1, 0.15) is 5.69 Å². The van der Waals surface area contributed by atoms with Crippen molar-refractivity contribution in [2.45, 2.75) is 12.8 Å². The Hall–Kier alpha value is -1.97. The topological polar surface area (TPSA) is 83.6 Å². The molecule has 9 heteroatoms. The molecule has 0 unspecified atom stereocenters. The molecule has 7 nitrogen and oxygen atoms in total. The number of morpholine rings is 1. The number of nitrogens with one attached hydrogen (secondary N) is 2. The molecule has 1 aliphatic rings. The molecule has 128 valence electrons. The second-order valence-electron chi connectivity index (χ2n) is 5.20. The third-order valence-corrected chi connectivity index (χ3v) is 5.34. The van der Waals surface area contributed by atoms with Crippen LogP contribution in [0.5, 0.6) is 0 Å². The fourth-order valence-corrected chi connectivity index (χ4v) is 3.78. The molecule has 0 saturated carbocycles. The largest absolute Gasteiger partial charge is 0.378 e. The van der Waals surface area contributed by atoms with Crippen LogP contribution in [0.4, 0.5) is 5.13 Å². The number of hydrogen-bond acceptors (Lipinski definition) is 7. The molecule has 2 amide bonds. The molecule has 3 heterocycles. The smallest absolute Gasteiger partial charge is 0.289 e. The maximum absolute atomic E-state index is 12.1. The van der Waals surface area contributed by atoms with Crippen LogP contribution in [0.15, 0.2) is 22.9 Å². The zero-order chi connectivity index (χ0) is 16.8. The van der Waals surface area contributed by atoms with Gasteiger partial charge in [0.15, 0.2) is 5.13 Å². The van der Waals surface area contributed by atoms with Crippen LogP contribution in [-0.2, 0) is 16.0 Å². The SMILES string of the molecule is O=C(CCc1cccs1)NNC(=O)c1csc(N2CCOCC2)n1. The van der Waals surface area contributed by atoms with E-state index in [1.54, 1.807) is 16.7 Å². The van der Waals surface area contributed by atoms with Gasteiger partial charge >= 0.3 is 0 Å². The first-order valence-corrected chi connectivity index (χ1v) is 9.38. The first-order chi connectivity index (χ1) is 11.7. The van der Waals surface area contributed by atoms with Gasteiger partial charge in [-0.3, -0.25) is 20.4 Å². The van der Waals surface area contributed by atoms with Crippen LogP contribution in [-0.4, -0.2) is 43.1 Å². The lowest BCUT2D eigenvalue weighted by Gasteiger charge is -2.25. The van der Waals surface area contributed by atoms with Gasteiger partial charge in [0.05, 0.1) is 13.2 Å². The summed E-state index contributed by atoms with van der Waals surface area (Å²) in [5, 5.41) is 4.47. The second kappa shape index (κ2) is 8.22. The fourth-order valence-electron chi connectivity index (χ4n) is 2.21. The third-order valence-electron chi connectivity index (χ3n) is 3.50. The quantitative estimate of drug-likeness (QED) is 0.783. The highest BCUT2D eigenvalue weighted by atomic mass is 32.1. The Morgan fingerprint density at radius 3 is 2.83 bits per heavy atom. The number of ether oxygens (including phenoxy) is 1. The summed E-state index contributed by atoms with van der Waals surface area (Å²) in [5.41, 5.74) is 5.15. The van der Waals surface area contributed by atoms with Crippen molar-refractivity contribution in [3.05, 3.63) is 33.5 Å². The summed E-state index contributed by atoms with van der Waals surface area (Å²) in [6.07, 6.45) is 0.994. The van der Waals surface area contributed by atoms with E-state index in [1.807, 2.05) is 17.5 Å². The highest BCUT2D eigenvalue weighted by Gasteiger charge is 2.17. The lowest BCUT2D eigenvalue weighted by molar-refractivity contribution is -0.121. The standard InChI is InChI=1S/C15H18N4O3S2/c20-13(4-3-11-2-1-9-23-11)17-18-14(21)12-10-24-15(16-12)19-5-7-22-8-6-19/h1-2,9-10H,3-8H2,(H,17,20)(H,18,21). The molecule has 0 aliphatic carbocycles. The number of hydrogen-bond donors (Lipinski definition) is 2. The van der Waals surface area contributed by atoms with Gasteiger partial charge in [-0.25, -0.2) is 4.98 Å². The number of aromatic nitrogens is 1. The Balaban J connectivity index is 1.44. The molecule has 1 fully saturated rings. The zero-order valence-electron chi connectivity index (χ0n) is 13.0. The summed E-state index contributed by atoms with van der Waals surface area (Å²) >= 11 is 3.03. The lowest BCUT2D eigenvalue weighted by Crippen LogP contribution is -2.42. The number of carbonyl (C=O) groups is 2. The van der Waals surface area contributed by atoms with Crippen molar-refractivity contribution >= 4 is 39.6 Å². The number of thiazole rings is 1. The summed E-state index contributed by atoms with van der Waals surface area (Å²) in [7, 11) is 0. The molecule has 2 aromatic rings. The minimum absolute atomic E-state index is 0.222. The Labute approximate surface area is 147 Å². The van der Waals surface area contributed by atoms with Crippen molar-refractivity contribution in [3.63, 3.8) is 0 Å². The molecular weight excluding hydrogens is 348 g/mol. The number of anilines is 1. The third kappa shape index (κ3) is 4.53.